The number of rotatable bonds is 6. The molecule has 1 aromatic heterocycles. The van der Waals surface area contributed by atoms with Crippen LogP contribution in [-0.4, -0.2) is 15.7 Å². The van der Waals surface area contributed by atoms with Gasteiger partial charge >= 0.3 is 0 Å². The highest BCUT2D eigenvalue weighted by Gasteiger charge is 2.40. The predicted octanol–water partition coefficient (Wildman–Crippen LogP) is 4.00. The van der Waals surface area contributed by atoms with Crippen molar-refractivity contribution in [2.45, 2.75) is 50.5 Å². The van der Waals surface area contributed by atoms with Gasteiger partial charge in [-0.3, -0.25) is 9.48 Å². The zero-order valence-corrected chi connectivity index (χ0v) is 15.2. The molecule has 0 saturated heterocycles. The molecule has 1 unspecified atom stereocenters. The lowest BCUT2D eigenvalue weighted by Gasteiger charge is -2.13. The highest BCUT2D eigenvalue weighted by Crippen LogP contribution is 2.52. The molecule has 1 atom stereocenters. The number of nitrogens with two attached hydrogens (primary N) is 1. The van der Waals surface area contributed by atoms with E-state index in [1.165, 1.54) is 0 Å². The molecule has 0 bridgehead atoms. The number of amides is 1. The number of carbonyl (C=O) groups excluding carboxylic acids is 1. The van der Waals surface area contributed by atoms with Gasteiger partial charge in [-0.2, -0.15) is 10.4 Å². The smallest absolute Gasteiger partial charge is 0.242 e. The lowest BCUT2D eigenvalue weighted by Crippen LogP contribution is -2.26. The van der Waals surface area contributed by atoms with E-state index >= 15 is 0 Å². The summed E-state index contributed by atoms with van der Waals surface area (Å²) in [6, 6.07) is 6.53. The van der Waals surface area contributed by atoms with Gasteiger partial charge in [-0.05, 0) is 44.7 Å². The van der Waals surface area contributed by atoms with Gasteiger partial charge in [-0.25, -0.2) is 0 Å². The van der Waals surface area contributed by atoms with Crippen molar-refractivity contribution in [3.05, 3.63) is 40.2 Å². The number of aromatic nitrogens is 2. The quantitative estimate of drug-likeness (QED) is 0.831. The number of nitrogens with zero attached hydrogens (tertiary/aromatic N) is 3. The number of primary amides is 1. The van der Waals surface area contributed by atoms with E-state index in [0.29, 0.717) is 28.2 Å². The Labute approximate surface area is 156 Å². The molecular weight excluding hydrogens is 352 g/mol. The number of halogens is 1. The molecule has 2 saturated carbocycles. The third-order valence-corrected chi connectivity index (χ3v) is 5.23. The van der Waals surface area contributed by atoms with Gasteiger partial charge in [0, 0.05) is 17.9 Å². The molecule has 0 radical (unpaired) electrons. The van der Waals surface area contributed by atoms with Crippen LogP contribution in [0.15, 0.2) is 18.2 Å². The number of hydrogen-bond acceptors (Lipinski definition) is 4. The zero-order chi connectivity index (χ0) is 18.4. The third kappa shape index (κ3) is 3.04. The van der Waals surface area contributed by atoms with E-state index in [0.717, 1.165) is 42.8 Å². The van der Waals surface area contributed by atoms with Crippen LogP contribution in [0.4, 0.5) is 0 Å². The first-order valence-corrected chi connectivity index (χ1v) is 9.16. The Balaban J connectivity index is 1.78. The van der Waals surface area contributed by atoms with Gasteiger partial charge in [0.25, 0.3) is 0 Å². The lowest BCUT2D eigenvalue weighted by molar-refractivity contribution is -0.121. The molecule has 2 aliphatic carbocycles. The Morgan fingerprint density at radius 3 is 2.62 bits per heavy atom. The van der Waals surface area contributed by atoms with Gasteiger partial charge in [-0.1, -0.05) is 11.6 Å². The highest BCUT2D eigenvalue weighted by atomic mass is 35.5. The van der Waals surface area contributed by atoms with E-state index in [9.17, 15) is 4.79 Å². The molecule has 134 valence electrons. The van der Waals surface area contributed by atoms with Crippen LogP contribution < -0.4 is 10.5 Å². The fraction of sp³-hybridized carbons (Fsp3) is 0.421. The fourth-order valence-electron chi connectivity index (χ4n) is 3.09. The summed E-state index contributed by atoms with van der Waals surface area (Å²) in [4.78, 5) is 11.7. The molecule has 0 spiro atoms. The Bertz CT molecular complexity index is 922. The molecule has 1 heterocycles. The highest BCUT2D eigenvalue weighted by molar-refractivity contribution is 6.31. The van der Waals surface area contributed by atoms with Gasteiger partial charge in [0.2, 0.25) is 5.91 Å². The van der Waals surface area contributed by atoms with E-state index < -0.39 is 11.9 Å². The van der Waals surface area contributed by atoms with Crippen LogP contribution in [0.5, 0.6) is 11.5 Å². The van der Waals surface area contributed by atoms with Crippen LogP contribution in [0.2, 0.25) is 5.02 Å². The average Bonchev–Trinajstić information content (AvgIpc) is 3.52. The first-order valence-electron chi connectivity index (χ1n) is 8.78. The third-order valence-electron chi connectivity index (χ3n) is 4.92. The minimum absolute atomic E-state index is 0.334. The molecule has 1 aromatic carbocycles. The van der Waals surface area contributed by atoms with Crippen molar-refractivity contribution >= 4 is 17.5 Å². The molecule has 0 aliphatic heterocycles. The Kier molecular flexibility index (Phi) is 4.12. The number of hydrogen-bond donors (Lipinski definition) is 1. The summed E-state index contributed by atoms with van der Waals surface area (Å²) in [5.74, 6) is 1.57. The standard InChI is InChI=1S/C19H19ClN4O2/c1-10(19(22)25)24-17(12-4-5-12)18(16(23-24)11-2-3-11)26-14-7-6-13(9-21)15(20)8-14/h6-8,10-12H,2-5H2,1H3,(H2,22,25). The first kappa shape index (κ1) is 16.9. The minimum Gasteiger partial charge on any atom is -0.453 e. The summed E-state index contributed by atoms with van der Waals surface area (Å²) in [5.41, 5.74) is 7.76. The molecule has 1 amide bonds. The second-order valence-corrected chi connectivity index (χ2v) is 7.43. The maximum Gasteiger partial charge on any atom is 0.242 e. The van der Waals surface area contributed by atoms with Crippen molar-refractivity contribution < 1.29 is 9.53 Å². The maximum absolute atomic E-state index is 11.7. The normalized spacial score (nSPS) is 17.6. The van der Waals surface area contributed by atoms with Crippen molar-refractivity contribution in [2.75, 3.05) is 0 Å². The number of carbonyl (C=O) groups is 1. The molecule has 2 fully saturated rings. The van der Waals surface area contributed by atoms with Crippen LogP contribution in [0, 0.1) is 11.3 Å². The molecular formula is C19H19ClN4O2. The molecule has 6 nitrogen and oxygen atoms in total. The van der Waals surface area contributed by atoms with Gasteiger partial charge in [0.05, 0.1) is 16.3 Å². The van der Waals surface area contributed by atoms with E-state index in [2.05, 4.69) is 0 Å². The Morgan fingerprint density at radius 1 is 1.38 bits per heavy atom. The van der Waals surface area contributed by atoms with Crippen LogP contribution in [0.25, 0.3) is 0 Å². The van der Waals surface area contributed by atoms with Gasteiger partial charge in [0.15, 0.2) is 5.75 Å². The van der Waals surface area contributed by atoms with Crippen LogP contribution in [-0.2, 0) is 4.79 Å². The predicted molar refractivity (Wildman–Crippen MR) is 96.3 cm³/mol. The van der Waals surface area contributed by atoms with Crippen molar-refractivity contribution in [3.8, 4) is 17.6 Å². The fourth-order valence-corrected chi connectivity index (χ4v) is 3.30. The summed E-state index contributed by atoms with van der Waals surface area (Å²) in [5, 5.41) is 14.1. The lowest BCUT2D eigenvalue weighted by atomic mass is 10.1. The molecule has 26 heavy (non-hydrogen) atoms. The van der Waals surface area contributed by atoms with Gasteiger partial charge in [-0.15, -0.1) is 0 Å². The molecule has 2 aliphatic rings. The SMILES string of the molecule is CC(C(N)=O)n1nc(C2CC2)c(Oc2ccc(C#N)c(Cl)c2)c1C1CC1. The summed E-state index contributed by atoms with van der Waals surface area (Å²) >= 11 is 6.14. The Hall–Kier alpha value is -2.52. The second-order valence-electron chi connectivity index (χ2n) is 7.03. The average molecular weight is 371 g/mol. The van der Waals surface area contributed by atoms with E-state index in [1.54, 1.807) is 29.8 Å². The second kappa shape index (κ2) is 6.33. The largest absolute Gasteiger partial charge is 0.453 e. The van der Waals surface area contributed by atoms with Crippen molar-refractivity contribution in [3.63, 3.8) is 0 Å². The minimum atomic E-state index is -0.523. The van der Waals surface area contributed by atoms with Crippen LogP contribution in [0.3, 0.4) is 0 Å². The molecule has 4 rings (SSSR count). The van der Waals surface area contributed by atoms with Crippen molar-refractivity contribution in [1.82, 2.24) is 9.78 Å². The van der Waals surface area contributed by atoms with Gasteiger partial charge in [0.1, 0.15) is 23.6 Å². The number of nitriles is 1. The number of ether oxygens (including phenoxy) is 1. The van der Waals surface area contributed by atoms with Gasteiger partial charge < -0.3 is 10.5 Å². The molecule has 7 heteroatoms. The monoisotopic (exact) mass is 370 g/mol. The number of benzene rings is 1. The molecule has 2 aromatic rings. The zero-order valence-electron chi connectivity index (χ0n) is 14.4. The van der Waals surface area contributed by atoms with E-state index in [1.807, 2.05) is 6.07 Å². The topological polar surface area (TPSA) is 93.9 Å². The van der Waals surface area contributed by atoms with Crippen molar-refractivity contribution in [2.24, 2.45) is 5.73 Å². The summed E-state index contributed by atoms with van der Waals surface area (Å²) < 4.78 is 7.95. The summed E-state index contributed by atoms with van der Waals surface area (Å²) in [6.45, 7) is 1.76. The first-order chi connectivity index (χ1) is 12.5. The molecule has 2 N–H and O–H groups in total. The van der Waals surface area contributed by atoms with E-state index in [4.69, 9.17) is 32.4 Å². The summed E-state index contributed by atoms with van der Waals surface area (Å²) in [7, 11) is 0. The summed E-state index contributed by atoms with van der Waals surface area (Å²) in [6.07, 6.45) is 4.23. The van der Waals surface area contributed by atoms with E-state index in [-0.39, 0.29) is 0 Å². The van der Waals surface area contributed by atoms with Crippen molar-refractivity contribution in [1.29, 1.82) is 5.26 Å². The Morgan fingerprint density at radius 2 is 2.08 bits per heavy atom. The van der Waals surface area contributed by atoms with Crippen LogP contribution >= 0.6 is 11.6 Å². The maximum atomic E-state index is 11.7. The van der Waals surface area contributed by atoms with Crippen LogP contribution in [0.1, 0.15) is 67.4 Å².